The van der Waals surface area contributed by atoms with E-state index < -0.39 is 0 Å². The topological polar surface area (TPSA) is 38.9 Å². The summed E-state index contributed by atoms with van der Waals surface area (Å²) in [4.78, 5) is 0. The van der Waals surface area contributed by atoms with Gasteiger partial charge in [-0.3, -0.25) is 0 Å². The van der Waals surface area contributed by atoms with Gasteiger partial charge in [0, 0.05) is 10.7 Å². The number of thioether (sulfide) groups is 1. The summed E-state index contributed by atoms with van der Waals surface area (Å²) in [6.07, 6.45) is 8.17. The summed E-state index contributed by atoms with van der Waals surface area (Å²) in [5.41, 5.74) is 1.51. The van der Waals surface area contributed by atoms with E-state index in [1.54, 1.807) is 11.8 Å². The van der Waals surface area contributed by atoms with Crippen LogP contribution in [0.25, 0.3) is 0 Å². The molecule has 4 aliphatic rings. The minimum absolute atomic E-state index is 0.205. The van der Waals surface area contributed by atoms with E-state index in [4.69, 9.17) is 4.42 Å². The smallest absolute Gasteiger partial charge is 0.277 e. The van der Waals surface area contributed by atoms with Crippen molar-refractivity contribution in [1.29, 1.82) is 0 Å². The van der Waals surface area contributed by atoms with Crippen LogP contribution >= 0.6 is 11.8 Å². The van der Waals surface area contributed by atoms with E-state index in [9.17, 15) is 0 Å². The average Bonchev–Trinajstić information content (AvgIpc) is 3.04. The van der Waals surface area contributed by atoms with Crippen LogP contribution in [-0.4, -0.2) is 10.2 Å². The van der Waals surface area contributed by atoms with Crippen LogP contribution in [0, 0.1) is 17.8 Å². The lowest BCUT2D eigenvalue weighted by molar-refractivity contribution is -0.0191. The van der Waals surface area contributed by atoms with Crippen LogP contribution in [0.5, 0.6) is 0 Å². The third-order valence-electron chi connectivity index (χ3n) is 6.44. The maximum Gasteiger partial charge on any atom is 0.277 e. The van der Waals surface area contributed by atoms with Crippen molar-refractivity contribution < 1.29 is 4.42 Å². The second kappa shape index (κ2) is 5.62. The number of nitrogens with zero attached hydrogens (tertiary/aromatic N) is 2. The molecule has 1 aromatic heterocycles. The Morgan fingerprint density at radius 1 is 1.00 bits per heavy atom. The van der Waals surface area contributed by atoms with Crippen molar-refractivity contribution in [3.8, 4) is 0 Å². The molecule has 0 N–H and O–H groups in total. The molecule has 4 aliphatic carbocycles. The lowest BCUT2D eigenvalue weighted by atomic mass is 9.49. The Balaban J connectivity index is 1.36. The third kappa shape index (κ3) is 2.50. The predicted octanol–water partition coefficient (Wildman–Crippen LogP) is 5.39. The van der Waals surface area contributed by atoms with E-state index >= 15 is 0 Å². The van der Waals surface area contributed by atoms with Gasteiger partial charge in [0.15, 0.2) is 0 Å². The number of hydrogen-bond acceptors (Lipinski definition) is 4. The van der Waals surface area contributed by atoms with Gasteiger partial charge >= 0.3 is 0 Å². The first kappa shape index (κ1) is 15.0. The molecular formula is C20H24N2OS. The van der Waals surface area contributed by atoms with E-state index in [1.807, 2.05) is 0 Å². The van der Waals surface area contributed by atoms with Crippen LogP contribution < -0.4 is 0 Å². The number of rotatable bonds is 4. The summed E-state index contributed by atoms with van der Waals surface area (Å²) >= 11 is 1.68. The zero-order valence-electron chi connectivity index (χ0n) is 14.1. The van der Waals surface area contributed by atoms with Gasteiger partial charge in [-0.15, -0.1) is 10.2 Å². The number of aromatic nitrogens is 2. The second-order valence-electron chi connectivity index (χ2n) is 8.24. The maximum absolute atomic E-state index is 6.20. The Kier molecular flexibility index (Phi) is 3.51. The molecule has 2 aromatic rings. The Morgan fingerprint density at radius 3 is 2.25 bits per heavy atom. The molecule has 24 heavy (non-hydrogen) atoms. The van der Waals surface area contributed by atoms with Crippen molar-refractivity contribution in [2.45, 2.75) is 61.3 Å². The van der Waals surface area contributed by atoms with Gasteiger partial charge in [-0.1, -0.05) is 42.1 Å². The van der Waals surface area contributed by atoms with Crippen LogP contribution in [0.15, 0.2) is 40.0 Å². The highest BCUT2D eigenvalue weighted by atomic mass is 32.2. The normalized spacial score (nSPS) is 35.3. The van der Waals surface area contributed by atoms with Crippen molar-refractivity contribution in [2.75, 3.05) is 0 Å². The molecular weight excluding hydrogens is 316 g/mol. The molecule has 1 atom stereocenters. The molecule has 0 radical (unpaired) electrons. The summed E-state index contributed by atoms with van der Waals surface area (Å²) in [6, 6.07) is 10.5. The van der Waals surface area contributed by atoms with Crippen molar-refractivity contribution in [3.05, 3.63) is 41.8 Å². The molecule has 3 nitrogen and oxygen atoms in total. The minimum Gasteiger partial charge on any atom is -0.415 e. The Morgan fingerprint density at radius 2 is 1.62 bits per heavy atom. The lowest BCUT2D eigenvalue weighted by Gasteiger charge is -2.55. The van der Waals surface area contributed by atoms with Gasteiger partial charge in [0.1, 0.15) is 0 Å². The number of hydrogen-bond donors (Lipinski definition) is 0. The van der Waals surface area contributed by atoms with Crippen LogP contribution in [0.4, 0.5) is 0 Å². The molecule has 4 saturated carbocycles. The first-order chi connectivity index (χ1) is 11.7. The van der Waals surface area contributed by atoms with Gasteiger partial charge in [0.05, 0.1) is 0 Å². The molecule has 4 bridgehead atoms. The average molecular weight is 340 g/mol. The molecule has 126 valence electrons. The van der Waals surface area contributed by atoms with Crippen molar-refractivity contribution >= 4 is 11.8 Å². The minimum atomic E-state index is 0.205. The van der Waals surface area contributed by atoms with Crippen LogP contribution in [0.3, 0.4) is 0 Å². The molecule has 0 amide bonds. The summed E-state index contributed by atoms with van der Waals surface area (Å²) in [7, 11) is 0. The van der Waals surface area contributed by atoms with Gasteiger partial charge in [-0.05, 0) is 68.8 Å². The summed E-state index contributed by atoms with van der Waals surface area (Å²) in [5, 5.41) is 9.96. The van der Waals surface area contributed by atoms with Gasteiger partial charge in [0.25, 0.3) is 5.22 Å². The SMILES string of the molecule is C[C@@H](Sc1nnc(C23CC4CC(CC(C4)C2)C3)o1)c1ccccc1. The highest BCUT2D eigenvalue weighted by molar-refractivity contribution is 7.99. The van der Waals surface area contributed by atoms with E-state index in [0.29, 0.717) is 5.25 Å². The Hall–Kier alpha value is -1.29. The highest BCUT2D eigenvalue weighted by Crippen LogP contribution is 2.60. The first-order valence-corrected chi connectivity index (χ1v) is 10.1. The molecule has 4 heteroatoms. The fourth-order valence-corrected chi connectivity index (χ4v) is 6.60. The second-order valence-corrected chi connectivity index (χ2v) is 9.53. The zero-order valence-corrected chi connectivity index (χ0v) is 15.0. The first-order valence-electron chi connectivity index (χ1n) is 9.26. The fraction of sp³-hybridized carbons (Fsp3) is 0.600. The summed E-state index contributed by atoms with van der Waals surface area (Å²) in [6.45, 7) is 2.20. The van der Waals surface area contributed by atoms with E-state index in [-0.39, 0.29) is 5.41 Å². The zero-order chi connectivity index (χ0) is 16.1. The van der Waals surface area contributed by atoms with Crippen molar-refractivity contribution in [1.82, 2.24) is 10.2 Å². The maximum atomic E-state index is 6.20. The Bertz CT molecular complexity index is 691. The predicted molar refractivity (Wildman–Crippen MR) is 94.9 cm³/mol. The van der Waals surface area contributed by atoms with Crippen LogP contribution in [0.2, 0.25) is 0 Å². The molecule has 0 spiro atoms. The molecule has 1 heterocycles. The number of benzene rings is 1. The summed E-state index contributed by atoms with van der Waals surface area (Å²) in [5.74, 6) is 3.65. The van der Waals surface area contributed by atoms with Gasteiger partial charge in [-0.25, -0.2) is 0 Å². The quantitative estimate of drug-likeness (QED) is 0.699. The van der Waals surface area contributed by atoms with E-state index in [1.165, 1.54) is 44.1 Å². The molecule has 0 aliphatic heterocycles. The molecule has 0 saturated heterocycles. The third-order valence-corrected chi connectivity index (χ3v) is 7.44. The largest absolute Gasteiger partial charge is 0.415 e. The van der Waals surface area contributed by atoms with Crippen molar-refractivity contribution in [2.24, 2.45) is 17.8 Å². The molecule has 0 unspecified atom stereocenters. The molecule has 1 aromatic carbocycles. The van der Waals surface area contributed by atoms with Crippen LogP contribution in [0.1, 0.15) is 62.2 Å². The van der Waals surface area contributed by atoms with E-state index in [2.05, 4.69) is 47.5 Å². The highest BCUT2D eigenvalue weighted by Gasteiger charge is 2.54. The Labute approximate surface area is 147 Å². The van der Waals surface area contributed by atoms with Gasteiger partial charge in [-0.2, -0.15) is 0 Å². The van der Waals surface area contributed by atoms with Gasteiger partial charge in [0.2, 0.25) is 5.89 Å². The van der Waals surface area contributed by atoms with Crippen molar-refractivity contribution in [3.63, 3.8) is 0 Å². The standard InChI is InChI=1S/C20H24N2OS/c1-13(17-5-3-2-4-6-17)24-19-22-21-18(23-19)20-10-14-7-15(11-20)9-16(8-14)12-20/h2-6,13-16H,7-12H2,1H3/t13-,14?,15?,16?,20?/m1/s1. The summed E-state index contributed by atoms with van der Waals surface area (Å²) < 4.78 is 6.20. The molecule has 6 rings (SSSR count). The van der Waals surface area contributed by atoms with E-state index in [0.717, 1.165) is 28.9 Å². The fourth-order valence-electron chi connectivity index (χ4n) is 5.79. The van der Waals surface area contributed by atoms with Crippen LogP contribution in [-0.2, 0) is 5.41 Å². The van der Waals surface area contributed by atoms with Gasteiger partial charge < -0.3 is 4.42 Å². The lowest BCUT2D eigenvalue weighted by Crippen LogP contribution is -2.48. The monoisotopic (exact) mass is 340 g/mol. The molecule has 4 fully saturated rings.